The summed E-state index contributed by atoms with van der Waals surface area (Å²) in [5.41, 5.74) is 5.66. The van der Waals surface area contributed by atoms with E-state index in [-0.39, 0.29) is 6.10 Å². The first-order chi connectivity index (χ1) is 8.74. The van der Waals surface area contributed by atoms with Crippen LogP contribution in [0.1, 0.15) is 39.5 Å². The predicted molar refractivity (Wildman–Crippen MR) is 74.8 cm³/mol. The lowest BCUT2D eigenvalue weighted by Gasteiger charge is -2.32. The fourth-order valence-electron chi connectivity index (χ4n) is 2.79. The van der Waals surface area contributed by atoms with Gasteiger partial charge in [0.25, 0.3) is 0 Å². The minimum atomic E-state index is 0.279. The minimum Gasteiger partial charge on any atom is -0.383 e. The van der Waals surface area contributed by atoms with Gasteiger partial charge in [-0.1, -0.05) is 13.8 Å². The van der Waals surface area contributed by atoms with Gasteiger partial charge in [-0.25, -0.2) is 0 Å². The second-order valence-electron chi connectivity index (χ2n) is 5.15. The van der Waals surface area contributed by atoms with Crippen molar-refractivity contribution in [3.05, 3.63) is 0 Å². The average Bonchev–Trinajstić information content (AvgIpc) is 2.84. The van der Waals surface area contributed by atoms with Crippen LogP contribution in [0.15, 0.2) is 0 Å². The molecule has 2 atom stereocenters. The van der Waals surface area contributed by atoms with Gasteiger partial charge < -0.3 is 15.2 Å². The molecule has 2 N–H and O–H groups in total. The number of methoxy groups -OCH3 is 1. The normalized spacial score (nSPS) is 24.3. The highest BCUT2D eigenvalue weighted by Crippen LogP contribution is 2.21. The van der Waals surface area contributed by atoms with Crippen LogP contribution in [0.2, 0.25) is 0 Å². The van der Waals surface area contributed by atoms with E-state index in [1.165, 1.54) is 12.8 Å². The number of nitrogens with zero attached hydrogens (tertiary/aromatic N) is 1. The summed E-state index contributed by atoms with van der Waals surface area (Å²) in [5.74, 6) is 0. The summed E-state index contributed by atoms with van der Waals surface area (Å²) in [5, 5.41) is 0. The molecule has 0 aromatic heterocycles. The van der Waals surface area contributed by atoms with E-state index in [2.05, 4.69) is 18.7 Å². The topological polar surface area (TPSA) is 47.7 Å². The molecule has 1 heterocycles. The van der Waals surface area contributed by atoms with Gasteiger partial charge in [-0.3, -0.25) is 4.90 Å². The molecule has 4 heteroatoms. The smallest absolute Gasteiger partial charge is 0.0707 e. The Balaban J connectivity index is 2.44. The third-order valence-electron chi connectivity index (χ3n) is 3.94. The van der Waals surface area contributed by atoms with E-state index < -0.39 is 0 Å². The van der Waals surface area contributed by atoms with Crippen LogP contribution < -0.4 is 5.73 Å². The molecule has 1 saturated heterocycles. The van der Waals surface area contributed by atoms with Gasteiger partial charge in [0.2, 0.25) is 0 Å². The monoisotopic (exact) mass is 258 g/mol. The van der Waals surface area contributed by atoms with Gasteiger partial charge in [-0.05, 0) is 25.7 Å². The van der Waals surface area contributed by atoms with Crippen molar-refractivity contribution >= 4 is 0 Å². The average molecular weight is 258 g/mol. The molecule has 2 unspecified atom stereocenters. The zero-order valence-electron chi connectivity index (χ0n) is 12.2. The minimum absolute atomic E-state index is 0.279. The van der Waals surface area contributed by atoms with Crippen LogP contribution in [0.4, 0.5) is 0 Å². The number of nitrogens with two attached hydrogens (primary N) is 1. The maximum absolute atomic E-state index is 5.95. The molecule has 0 saturated carbocycles. The van der Waals surface area contributed by atoms with Crippen molar-refractivity contribution in [1.29, 1.82) is 0 Å². The quantitative estimate of drug-likeness (QED) is 0.683. The highest BCUT2D eigenvalue weighted by atomic mass is 16.5. The van der Waals surface area contributed by atoms with Crippen LogP contribution in [0.5, 0.6) is 0 Å². The molecule has 0 aromatic carbocycles. The van der Waals surface area contributed by atoms with Crippen LogP contribution in [-0.4, -0.2) is 56.5 Å². The Kier molecular flexibility index (Phi) is 7.82. The third-order valence-corrected chi connectivity index (χ3v) is 3.94. The van der Waals surface area contributed by atoms with Crippen LogP contribution in [-0.2, 0) is 9.47 Å². The van der Waals surface area contributed by atoms with Crippen molar-refractivity contribution in [1.82, 2.24) is 4.90 Å². The Morgan fingerprint density at radius 1 is 1.28 bits per heavy atom. The summed E-state index contributed by atoms with van der Waals surface area (Å²) in [6, 6.07) is 0.640. The van der Waals surface area contributed by atoms with E-state index in [1.807, 2.05) is 0 Å². The van der Waals surface area contributed by atoms with E-state index in [1.54, 1.807) is 7.11 Å². The Bertz CT molecular complexity index is 210. The lowest BCUT2D eigenvalue weighted by atomic mass is 10.1. The van der Waals surface area contributed by atoms with Crippen molar-refractivity contribution < 1.29 is 9.47 Å². The van der Waals surface area contributed by atoms with Crippen molar-refractivity contribution in [2.75, 3.05) is 33.4 Å². The zero-order chi connectivity index (χ0) is 13.4. The largest absolute Gasteiger partial charge is 0.383 e. The molecule has 1 aliphatic heterocycles. The van der Waals surface area contributed by atoms with Crippen molar-refractivity contribution in [3.8, 4) is 0 Å². The lowest BCUT2D eigenvalue weighted by Crippen LogP contribution is -2.42. The molecule has 1 rings (SSSR count). The first-order valence-electron chi connectivity index (χ1n) is 7.33. The Morgan fingerprint density at radius 3 is 2.44 bits per heavy atom. The van der Waals surface area contributed by atoms with Gasteiger partial charge in [0, 0.05) is 32.8 Å². The molecular formula is C14H30N2O2. The number of rotatable bonds is 9. The zero-order valence-corrected chi connectivity index (χ0v) is 12.2. The predicted octanol–water partition coefficient (Wildman–Crippen LogP) is 1.63. The summed E-state index contributed by atoms with van der Waals surface area (Å²) in [7, 11) is 1.77. The molecule has 1 fully saturated rings. The molecule has 0 aromatic rings. The summed E-state index contributed by atoms with van der Waals surface area (Å²) in [6.07, 6.45) is 5.27. The Labute approximate surface area is 112 Å². The molecule has 1 aliphatic rings. The van der Waals surface area contributed by atoms with Gasteiger partial charge in [0.15, 0.2) is 0 Å². The highest BCUT2D eigenvalue weighted by Gasteiger charge is 2.27. The molecule has 0 spiro atoms. The number of hydrogen-bond acceptors (Lipinski definition) is 4. The second kappa shape index (κ2) is 8.86. The molecule has 4 nitrogen and oxygen atoms in total. The molecule has 0 bridgehead atoms. The highest BCUT2D eigenvalue weighted by molar-refractivity contribution is 4.79. The van der Waals surface area contributed by atoms with Crippen molar-refractivity contribution in [2.45, 2.75) is 57.8 Å². The second-order valence-corrected chi connectivity index (χ2v) is 5.15. The Hall–Kier alpha value is -0.160. The van der Waals surface area contributed by atoms with E-state index in [0.29, 0.717) is 18.7 Å². The van der Waals surface area contributed by atoms with Crippen molar-refractivity contribution in [2.24, 2.45) is 5.73 Å². The van der Waals surface area contributed by atoms with E-state index in [4.69, 9.17) is 15.2 Å². The van der Waals surface area contributed by atoms with Crippen LogP contribution >= 0.6 is 0 Å². The van der Waals surface area contributed by atoms with E-state index in [9.17, 15) is 0 Å². The summed E-state index contributed by atoms with van der Waals surface area (Å²) < 4.78 is 11.2. The van der Waals surface area contributed by atoms with Gasteiger partial charge in [0.05, 0.1) is 18.8 Å². The molecule has 0 amide bonds. The fourth-order valence-corrected chi connectivity index (χ4v) is 2.79. The standard InChI is InChI=1S/C14H30N2O2/c1-4-12(5-2)16(8-9-17-3)11-14-7-6-13(10-15)18-14/h12-14H,4-11,15H2,1-3H3. The molecule has 0 radical (unpaired) electrons. The summed E-state index contributed by atoms with van der Waals surface area (Å²) >= 11 is 0. The Morgan fingerprint density at radius 2 is 1.94 bits per heavy atom. The summed E-state index contributed by atoms with van der Waals surface area (Å²) in [6.45, 7) is 7.98. The lowest BCUT2D eigenvalue weighted by molar-refractivity contribution is 0.00988. The number of ether oxygens (including phenoxy) is 2. The van der Waals surface area contributed by atoms with E-state index >= 15 is 0 Å². The third kappa shape index (κ3) is 4.84. The number of hydrogen-bond donors (Lipinski definition) is 1. The van der Waals surface area contributed by atoms with Crippen LogP contribution in [0, 0.1) is 0 Å². The SMILES string of the molecule is CCC(CC)N(CCOC)CC1CCC(CN)O1. The maximum Gasteiger partial charge on any atom is 0.0707 e. The van der Waals surface area contributed by atoms with Gasteiger partial charge in [-0.15, -0.1) is 0 Å². The first kappa shape index (κ1) is 15.9. The molecule has 18 heavy (non-hydrogen) atoms. The van der Waals surface area contributed by atoms with E-state index in [0.717, 1.165) is 32.5 Å². The molecule has 0 aliphatic carbocycles. The van der Waals surface area contributed by atoms with Gasteiger partial charge in [-0.2, -0.15) is 0 Å². The first-order valence-corrected chi connectivity index (χ1v) is 7.33. The maximum atomic E-state index is 5.95. The van der Waals surface area contributed by atoms with Gasteiger partial charge in [0.1, 0.15) is 0 Å². The van der Waals surface area contributed by atoms with Crippen LogP contribution in [0.25, 0.3) is 0 Å². The van der Waals surface area contributed by atoms with Gasteiger partial charge >= 0.3 is 0 Å². The van der Waals surface area contributed by atoms with Crippen LogP contribution in [0.3, 0.4) is 0 Å². The molecule has 108 valence electrons. The van der Waals surface area contributed by atoms with Crippen molar-refractivity contribution in [3.63, 3.8) is 0 Å². The molecular weight excluding hydrogens is 228 g/mol. The summed E-state index contributed by atoms with van der Waals surface area (Å²) in [4.78, 5) is 2.52. The fraction of sp³-hybridized carbons (Fsp3) is 1.00.